The van der Waals surface area contributed by atoms with Gasteiger partial charge in [0.2, 0.25) is 10.0 Å². The fraction of sp³-hybridized carbons (Fsp3) is 0.579. The van der Waals surface area contributed by atoms with E-state index in [0.29, 0.717) is 24.6 Å². The van der Waals surface area contributed by atoms with E-state index in [1.54, 1.807) is 16.4 Å². The summed E-state index contributed by atoms with van der Waals surface area (Å²) in [5, 5.41) is 0. The van der Waals surface area contributed by atoms with Crippen molar-refractivity contribution in [1.29, 1.82) is 0 Å². The van der Waals surface area contributed by atoms with Crippen LogP contribution in [-0.4, -0.2) is 39.0 Å². The minimum atomic E-state index is -3.45. The average Bonchev–Trinajstić information content (AvgIpc) is 2.80. The van der Waals surface area contributed by atoms with Gasteiger partial charge in [-0.05, 0) is 44.4 Å². The lowest BCUT2D eigenvalue weighted by molar-refractivity contribution is 0.0654. The molecular weight excluding hydrogens is 322 g/mol. The third-order valence-corrected chi connectivity index (χ3v) is 8.23. The molecule has 3 aliphatic heterocycles. The highest BCUT2D eigenvalue weighted by Gasteiger charge is 2.54. The van der Waals surface area contributed by atoms with E-state index in [9.17, 15) is 8.42 Å². The van der Waals surface area contributed by atoms with Gasteiger partial charge in [-0.2, -0.15) is 4.31 Å². The van der Waals surface area contributed by atoms with E-state index in [1.807, 2.05) is 19.1 Å². The minimum Gasteiger partial charge on any atom is -0.380 e. The molecule has 0 radical (unpaired) electrons. The van der Waals surface area contributed by atoms with E-state index >= 15 is 0 Å². The first-order valence-electron chi connectivity index (χ1n) is 8.62. The molecule has 2 atom stereocenters. The van der Waals surface area contributed by atoms with Crippen LogP contribution in [0.3, 0.4) is 0 Å². The Labute approximate surface area is 144 Å². The average molecular weight is 347 g/mol. The van der Waals surface area contributed by atoms with Crippen LogP contribution in [0.4, 0.5) is 0 Å². The molecule has 0 saturated carbocycles. The summed E-state index contributed by atoms with van der Waals surface area (Å²) < 4.78 is 33.8. The molecule has 130 valence electrons. The third-order valence-electron chi connectivity index (χ3n) is 6.42. The van der Waals surface area contributed by atoms with Gasteiger partial charge < -0.3 is 4.74 Å². The van der Waals surface area contributed by atoms with E-state index < -0.39 is 10.0 Å². The molecule has 0 N–H and O–H groups in total. The SMILES string of the molecule is CC1=C2CN(S(=O)(=O)c3ccc(C)cc3)C[C@@]23CC[C@]1(C)COC3. The van der Waals surface area contributed by atoms with Crippen molar-refractivity contribution >= 4 is 10.0 Å². The van der Waals surface area contributed by atoms with Crippen molar-refractivity contribution in [3.8, 4) is 0 Å². The molecule has 0 unspecified atom stereocenters. The highest BCUT2D eigenvalue weighted by Crippen LogP contribution is 2.55. The molecule has 4 aliphatic rings. The molecule has 5 rings (SSSR count). The van der Waals surface area contributed by atoms with Crippen LogP contribution >= 0.6 is 0 Å². The molecule has 2 saturated heterocycles. The number of sulfonamides is 1. The van der Waals surface area contributed by atoms with Crippen LogP contribution in [-0.2, 0) is 14.8 Å². The van der Waals surface area contributed by atoms with E-state index in [0.717, 1.165) is 25.0 Å². The second-order valence-corrected chi connectivity index (χ2v) is 9.96. The van der Waals surface area contributed by atoms with Gasteiger partial charge in [-0.15, -0.1) is 0 Å². The lowest BCUT2D eigenvalue weighted by Crippen LogP contribution is -2.36. The van der Waals surface area contributed by atoms with Crippen molar-refractivity contribution < 1.29 is 13.2 Å². The van der Waals surface area contributed by atoms with Crippen LogP contribution in [0.15, 0.2) is 40.3 Å². The van der Waals surface area contributed by atoms with Crippen molar-refractivity contribution in [2.45, 2.75) is 38.5 Å². The molecule has 1 spiro atoms. The van der Waals surface area contributed by atoms with E-state index in [2.05, 4.69) is 13.8 Å². The Bertz CT molecular complexity index is 812. The molecule has 1 aromatic carbocycles. The van der Waals surface area contributed by atoms with Crippen molar-refractivity contribution in [3.63, 3.8) is 0 Å². The summed E-state index contributed by atoms with van der Waals surface area (Å²) in [7, 11) is -3.45. The number of hydrogen-bond acceptors (Lipinski definition) is 3. The van der Waals surface area contributed by atoms with Gasteiger partial charge in [0.05, 0.1) is 18.1 Å². The summed E-state index contributed by atoms with van der Waals surface area (Å²) in [6.07, 6.45) is 2.11. The summed E-state index contributed by atoms with van der Waals surface area (Å²) in [5.41, 5.74) is 3.69. The number of aryl methyl sites for hydroxylation is 1. The van der Waals surface area contributed by atoms with Crippen LogP contribution in [0.2, 0.25) is 0 Å². The Balaban J connectivity index is 1.74. The predicted octanol–water partition coefficient (Wildman–Crippen LogP) is 3.13. The van der Waals surface area contributed by atoms with Crippen LogP contribution in [0.25, 0.3) is 0 Å². The molecule has 0 amide bonds. The molecule has 4 nitrogen and oxygen atoms in total. The predicted molar refractivity (Wildman–Crippen MR) is 93.2 cm³/mol. The first kappa shape index (κ1) is 16.3. The number of benzene rings is 1. The molecule has 1 aliphatic carbocycles. The number of rotatable bonds is 2. The van der Waals surface area contributed by atoms with Gasteiger partial charge in [-0.3, -0.25) is 0 Å². The summed E-state index contributed by atoms with van der Waals surface area (Å²) in [6.45, 7) is 8.87. The molecule has 24 heavy (non-hydrogen) atoms. The molecule has 2 fully saturated rings. The van der Waals surface area contributed by atoms with Gasteiger partial charge in [0, 0.05) is 23.9 Å². The first-order valence-corrected chi connectivity index (χ1v) is 10.1. The zero-order valence-corrected chi connectivity index (χ0v) is 15.4. The fourth-order valence-electron chi connectivity index (χ4n) is 4.53. The second-order valence-electron chi connectivity index (χ2n) is 8.02. The normalized spacial score (nSPS) is 33.6. The van der Waals surface area contributed by atoms with Crippen molar-refractivity contribution in [2.75, 3.05) is 26.3 Å². The van der Waals surface area contributed by atoms with Gasteiger partial charge >= 0.3 is 0 Å². The maximum atomic E-state index is 13.1. The largest absolute Gasteiger partial charge is 0.380 e. The van der Waals surface area contributed by atoms with Gasteiger partial charge in [-0.25, -0.2) is 8.42 Å². The Hall–Kier alpha value is -1.17. The number of hydrogen-bond donors (Lipinski definition) is 0. The quantitative estimate of drug-likeness (QED) is 0.772. The topological polar surface area (TPSA) is 46.6 Å². The van der Waals surface area contributed by atoms with Crippen molar-refractivity contribution in [1.82, 2.24) is 4.31 Å². The lowest BCUT2D eigenvalue weighted by atomic mass is 9.64. The monoisotopic (exact) mass is 347 g/mol. The van der Waals surface area contributed by atoms with Gasteiger partial charge in [-0.1, -0.05) is 30.2 Å². The molecular formula is C19H25NO3S. The molecule has 1 aromatic rings. The van der Waals surface area contributed by atoms with Crippen LogP contribution in [0.5, 0.6) is 0 Å². The highest BCUT2D eigenvalue weighted by atomic mass is 32.2. The summed E-state index contributed by atoms with van der Waals surface area (Å²) >= 11 is 0. The molecule has 5 heteroatoms. The standard InChI is InChI=1S/C19H25NO3S/c1-14-4-6-16(7-5-14)24(21,22)20-10-17-15(2)18(3)8-9-19(17,11-20)13-23-12-18/h4-7H,8-13H2,1-3H3/t18-,19-/m1/s1. The Morgan fingerprint density at radius 1 is 1.08 bits per heavy atom. The number of ether oxygens (including phenoxy) is 1. The Morgan fingerprint density at radius 3 is 2.50 bits per heavy atom. The molecule has 2 bridgehead atoms. The maximum absolute atomic E-state index is 13.1. The fourth-order valence-corrected chi connectivity index (χ4v) is 6.03. The van der Waals surface area contributed by atoms with E-state index in [-0.39, 0.29) is 10.8 Å². The Morgan fingerprint density at radius 2 is 1.79 bits per heavy atom. The summed E-state index contributed by atoms with van der Waals surface area (Å²) in [6, 6.07) is 7.15. The van der Waals surface area contributed by atoms with Crippen LogP contribution in [0, 0.1) is 17.8 Å². The zero-order chi connectivity index (χ0) is 17.2. The zero-order valence-electron chi connectivity index (χ0n) is 14.6. The van der Waals surface area contributed by atoms with Crippen LogP contribution in [0.1, 0.15) is 32.3 Å². The van der Waals surface area contributed by atoms with E-state index in [1.165, 1.54) is 11.1 Å². The molecule has 3 heterocycles. The first-order chi connectivity index (χ1) is 11.3. The summed E-state index contributed by atoms with van der Waals surface area (Å²) in [5.74, 6) is 0. The van der Waals surface area contributed by atoms with E-state index in [4.69, 9.17) is 4.74 Å². The summed E-state index contributed by atoms with van der Waals surface area (Å²) in [4.78, 5) is 0.390. The Kier molecular flexibility index (Phi) is 3.51. The number of fused-ring (bicyclic) bond motifs is 3. The number of nitrogens with zero attached hydrogens (tertiary/aromatic N) is 1. The maximum Gasteiger partial charge on any atom is 0.243 e. The van der Waals surface area contributed by atoms with Crippen molar-refractivity contribution in [2.24, 2.45) is 10.8 Å². The minimum absolute atomic E-state index is 0.0684. The van der Waals surface area contributed by atoms with Gasteiger partial charge in [0.15, 0.2) is 0 Å². The van der Waals surface area contributed by atoms with Crippen LogP contribution < -0.4 is 0 Å². The lowest BCUT2D eigenvalue weighted by Gasteiger charge is -2.39. The second kappa shape index (κ2) is 5.16. The van der Waals surface area contributed by atoms with Gasteiger partial charge in [0.25, 0.3) is 0 Å². The molecule has 0 aromatic heterocycles. The smallest absolute Gasteiger partial charge is 0.243 e. The third kappa shape index (κ3) is 2.21. The van der Waals surface area contributed by atoms with Gasteiger partial charge in [0.1, 0.15) is 0 Å². The van der Waals surface area contributed by atoms with Crippen molar-refractivity contribution in [3.05, 3.63) is 41.0 Å². The highest BCUT2D eigenvalue weighted by molar-refractivity contribution is 7.89.